The van der Waals surface area contributed by atoms with Crippen molar-refractivity contribution >= 4 is 5.97 Å². The maximum absolute atomic E-state index is 10.8. The number of ether oxygens (including phenoxy) is 1. The van der Waals surface area contributed by atoms with E-state index in [4.69, 9.17) is 9.84 Å². The van der Waals surface area contributed by atoms with Crippen molar-refractivity contribution in [3.05, 3.63) is 0 Å². The summed E-state index contributed by atoms with van der Waals surface area (Å²) in [7, 11) is 0. The number of carboxylic acids is 1. The smallest absolute Gasteiger partial charge is 0.309 e. The lowest BCUT2D eigenvalue weighted by atomic mass is 9.80. The molecule has 68 valence electrons. The first-order chi connectivity index (χ1) is 5.79. The van der Waals surface area contributed by atoms with Gasteiger partial charge in [-0.15, -0.1) is 0 Å². The topological polar surface area (TPSA) is 46.5 Å². The van der Waals surface area contributed by atoms with Crippen molar-refractivity contribution in [2.75, 3.05) is 6.61 Å². The molecule has 1 saturated heterocycles. The zero-order valence-electron chi connectivity index (χ0n) is 7.03. The van der Waals surface area contributed by atoms with E-state index in [0.29, 0.717) is 12.5 Å². The molecule has 0 aromatic rings. The summed E-state index contributed by atoms with van der Waals surface area (Å²) in [5.41, 5.74) is 0. The highest BCUT2D eigenvalue weighted by Crippen LogP contribution is 2.37. The average Bonchev–Trinajstić information content (AvgIpc) is 2.47. The summed E-state index contributed by atoms with van der Waals surface area (Å²) in [6, 6.07) is 0. The van der Waals surface area contributed by atoms with E-state index in [2.05, 4.69) is 0 Å². The monoisotopic (exact) mass is 170 g/mol. The molecule has 1 N–H and O–H groups in total. The summed E-state index contributed by atoms with van der Waals surface area (Å²) < 4.78 is 5.45. The highest BCUT2D eigenvalue weighted by Gasteiger charge is 2.42. The van der Waals surface area contributed by atoms with Crippen LogP contribution in [-0.4, -0.2) is 23.8 Å². The lowest BCUT2D eigenvalue weighted by molar-refractivity contribution is -0.142. The van der Waals surface area contributed by atoms with Crippen LogP contribution in [0.4, 0.5) is 0 Å². The number of aliphatic carboxylic acids is 1. The van der Waals surface area contributed by atoms with Gasteiger partial charge >= 0.3 is 5.97 Å². The summed E-state index contributed by atoms with van der Waals surface area (Å²) in [6.45, 7) is 0.435. The first-order valence-electron chi connectivity index (χ1n) is 4.63. The molecular weight excluding hydrogens is 156 g/mol. The Balaban J connectivity index is 2.05. The Morgan fingerprint density at radius 2 is 2.08 bits per heavy atom. The SMILES string of the molecule is O=C(O)[C@@H]1CO[C@@H]2CCCC[C@H]21. The van der Waals surface area contributed by atoms with Crippen molar-refractivity contribution in [1.29, 1.82) is 0 Å². The Morgan fingerprint density at radius 3 is 2.83 bits per heavy atom. The Morgan fingerprint density at radius 1 is 1.33 bits per heavy atom. The van der Waals surface area contributed by atoms with E-state index < -0.39 is 5.97 Å². The van der Waals surface area contributed by atoms with Crippen LogP contribution in [-0.2, 0) is 9.53 Å². The summed E-state index contributed by atoms with van der Waals surface area (Å²) >= 11 is 0. The number of carboxylic acid groups (broad SMARTS) is 1. The maximum atomic E-state index is 10.8. The first-order valence-corrected chi connectivity index (χ1v) is 4.63. The summed E-state index contributed by atoms with van der Waals surface area (Å²) in [4.78, 5) is 10.8. The Labute approximate surface area is 71.7 Å². The molecule has 1 aliphatic carbocycles. The van der Waals surface area contributed by atoms with Gasteiger partial charge in [-0.25, -0.2) is 0 Å². The predicted octanol–water partition coefficient (Wildman–Crippen LogP) is 1.28. The molecule has 0 unspecified atom stereocenters. The van der Waals surface area contributed by atoms with Gasteiger partial charge in [0.05, 0.1) is 18.6 Å². The van der Waals surface area contributed by atoms with Gasteiger partial charge < -0.3 is 9.84 Å². The molecule has 2 fully saturated rings. The van der Waals surface area contributed by atoms with Gasteiger partial charge in [0.2, 0.25) is 0 Å². The second-order valence-electron chi connectivity index (χ2n) is 3.76. The van der Waals surface area contributed by atoms with E-state index in [0.717, 1.165) is 12.8 Å². The number of carbonyl (C=O) groups is 1. The average molecular weight is 170 g/mol. The van der Waals surface area contributed by atoms with Crippen LogP contribution in [0.5, 0.6) is 0 Å². The summed E-state index contributed by atoms with van der Waals surface area (Å²) in [5, 5.41) is 8.87. The van der Waals surface area contributed by atoms with Crippen LogP contribution in [0.3, 0.4) is 0 Å². The fourth-order valence-electron chi connectivity index (χ4n) is 2.40. The number of fused-ring (bicyclic) bond motifs is 1. The first kappa shape index (κ1) is 8.05. The van der Waals surface area contributed by atoms with Gasteiger partial charge in [-0.3, -0.25) is 4.79 Å². The molecule has 1 aliphatic heterocycles. The lowest BCUT2D eigenvalue weighted by Gasteiger charge is -2.25. The molecule has 12 heavy (non-hydrogen) atoms. The van der Waals surface area contributed by atoms with Gasteiger partial charge in [-0.2, -0.15) is 0 Å². The fourth-order valence-corrected chi connectivity index (χ4v) is 2.40. The minimum absolute atomic E-state index is 0.227. The van der Waals surface area contributed by atoms with Crippen LogP contribution in [0.25, 0.3) is 0 Å². The van der Waals surface area contributed by atoms with E-state index >= 15 is 0 Å². The van der Waals surface area contributed by atoms with E-state index in [-0.39, 0.29) is 12.0 Å². The van der Waals surface area contributed by atoms with Gasteiger partial charge in [-0.05, 0) is 12.8 Å². The molecule has 0 bridgehead atoms. The second-order valence-corrected chi connectivity index (χ2v) is 3.76. The van der Waals surface area contributed by atoms with Crippen molar-refractivity contribution in [2.45, 2.75) is 31.8 Å². The molecule has 3 heteroatoms. The minimum atomic E-state index is -0.676. The van der Waals surface area contributed by atoms with Gasteiger partial charge in [0.1, 0.15) is 0 Å². The van der Waals surface area contributed by atoms with E-state index in [1.807, 2.05) is 0 Å². The van der Waals surface area contributed by atoms with Crippen LogP contribution in [0.2, 0.25) is 0 Å². The maximum Gasteiger partial charge on any atom is 0.309 e. The van der Waals surface area contributed by atoms with Crippen LogP contribution < -0.4 is 0 Å². The molecule has 3 atom stereocenters. The van der Waals surface area contributed by atoms with Crippen LogP contribution in [0.15, 0.2) is 0 Å². The van der Waals surface area contributed by atoms with Crippen molar-refractivity contribution in [2.24, 2.45) is 11.8 Å². The van der Waals surface area contributed by atoms with Crippen molar-refractivity contribution in [1.82, 2.24) is 0 Å². The highest BCUT2D eigenvalue weighted by atomic mass is 16.5. The zero-order chi connectivity index (χ0) is 8.55. The normalized spacial score (nSPS) is 40.8. The molecular formula is C9H14O3. The molecule has 3 nitrogen and oxygen atoms in total. The fraction of sp³-hybridized carbons (Fsp3) is 0.889. The minimum Gasteiger partial charge on any atom is -0.481 e. The highest BCUT2D eigenvalue weighted by molar-refractivity contribution is 5.71. The number of rotatable bonds is 1. The molecule has 2 rings (SSSR count). The third kappa shape index (κ3) is 1.22. The molecule has 1 heterocycles. The molecule has 2 aliphatic rings. The predicted molar refractivity (Wildman–Crippen MR) is 42.8 cm³/mol. The van der Waals surface area contributed by atoms with Crippen LogP contribution in [0, 0.1) is 11.8 Å². The van der Waals surface area contributed by atoms with Crippen LogP contribution >= 0.6 is 0 Å². The van der Waals surface area contributed by atoms with Crippen molar-refractivity contribution < 1.29 is 14.6 Å². The summed E-state index contributed by atoms with van der Waals surface area (Å²) in [6.07, 6.45) is 4.73. The summed E-state index contributed by atoms with van der Waals surface area (Å²) in [5.74, 6) is -0.601. The third-order valence-corrected chi connectivity index (χ3v) is 3.08. The number of hydrogen-bond acceptors (Lipinski definition) is 2. The van der Waals surface area contributed by atoms with E-state index in [1.54, 1.807) is 0 Å². The van der Waals surface area contributed by atoms with Gasteiger partial charge in [0.25, 0.3) is 0 Å². The molecule has 0 spiro atoms. The number of hydrogen-bond donors (Lipinski definition) is 1. The molecule has 0 aromatic heterocycles. The van der Waals surface area contributed by atoms with Gasteiger partial charge in [0, 0.05) is 5.92 Å². The van der Waals surface area contributed by atoms with E-state index in [1.165, 1.54) is 12.8 Å². The molecule has 1 saturated carbocycles. The standard InChI is InChI=1S/C9H14O3/c10-9(11)7-5-12-8-4-2-1-3-6(7)8/h6-8H,1-5H2,(H,10,11)/t6-,7+,8+/m0/s1. The molecule has 0 amide bonds. The molecule has 0 aromatic carbocycles. The van der Waals surface area contributed by atoms with Gasteiger partial charge in [-0.1, -0.05) is 12.8 Å². The second kappa shape index (κ2) is 3.05. The quantitative estimate of drug-likeness (QED) is 0.644. The van der Waals surface area contributed by atoms with Crippen molar-refractivity contribution in [3.63, 3.8) is 0 Å². The third-order valence-electron chi connectivity index (χ3n) is 3.08. The largest absolute Gasteiger partial charge is 0.481 e. The van der Waals surface area contributed by atoms with Gasteiger partial charge in [0.15, 0.2) is 0 Å². The van der Waals surface area contributed by atoms with Crippen LogP contribution in [0.1, 0.15) is 25.7 Å². The Hall–Kier alpha value is -0.570. The zero-order valence-corrected chi connectivity index (χ0v) is 7.03. The van der Waals surface area contributed by atoms with E-state index in [9.17, 15) is 4.79 Å². The lowest BCUT2D eigenvalue weighted by Crippen LogP contribution is -2.28. The molecule has 0 radical (unpaired) electrons. The van der Waals surface area contributed by atoms with Crippen molar-refractivity contribution in [3.8, 4) is 0 Å². The Bertz CT molecular complexity index is 190. The Kier molecular flexibility index (Phi) is 2.05.